The van der Waals surface area contributed by atoms with Crippen LogP contribution in [-0.4, -0.2) is 62.1 Å². The monoisotopic (exact) mass is 517 g/mol. The van der Waals surface area contributed by atoms with Crippen LogP contribution in [0.3, 0.4) is 0 Å². The van der Waals surface area contributed by atoms with E-state index in [4.69, 9.17) is 17.2 Å². The number of thiocarbonyl (C=S) groups is 1. The molecule has 0 unspecified atom stereocenters. The maximum atomic E-state index is 13.7. The van der Waals surface area contributed by atoms with Gasteiger partial charge in [0, 0.05) is 45.5 Å². The van der Waals surface area contributed by atoms with Gasteiger partial charge in [-0.05, 0) is 30.2 Å². The molecule has 0 saturated carbocycles. The number of aromatic nitrogens is 2. The highest BCUT2D eigenvalue weighted by molar-refractivity contribution is 8.26. The Morgan fingerprint density at radius 2 is 1.83 bits per heavy atom. The molecular formula is C27H27N5O2S2. The number of piperazine rings is 1. The summed E-state index contributed by atoms with van der Waals surface area (Å²) in [7, 11) is 0. The fraction of sp³-hybridized carbons (Fsp3) is 0.259. The molecule has 0 spiro atoms. The van der Waals surface area contributed by atoms with E-state index in [1.165, 1.54) is 22.2 Å². The summed E-state index contributed by atoms with van der Waals surface area (Å²) in [6.07, 6.45) is 5.03. The van der Waals surface area contributed by atoms with Crippen LogP contribution in [0.15, 0.2) is 71.0 Å². The zero-order valence-corrected chi connectivity index (χ0v) is 21.7. The molecule has 2 saturated heterocycles. The Morgan fingerprint density at radius 1 is 1.08 bits per heavy atom. The third kappa shape index (κ3) is 4.74. The first kappa shape index (κ1) is 24.4. The van der Waals surface area contributed by atoms with Crippen molar-refractivity contribution in [1.29, 1.82) is 0 Å². The maximum Gasteiger partial charge on any atom is 0.267 e. The van der Waals surface area contributed by atoms with Crippen LogP contribution in [0.2, 0.25) is 0 Å². The second-order valence-corrected chi connectivity index (χ2v) is 10.5. The lowest BCUT2D eigenvalue weighted by Crippen LogP contribution is -2.47. The molecule has 2 aliphatic rings. The van der Waals surface area contributed by atoms with Gasteiger partial charge in [0.15, 0.2) is 0 Å². The number of anilines is 1. The smallest absolute Gasteiger partial charge is 0.267 e. The van der Waals surface area contributed by atoms with Crippen LogP contribution in [0.1, 0.15) is 16.7 Å². The van der Waals surface area contributed by atoms with Crippen molar-refractivity contribution >= 4 is 51.7 Å². The first-order chi connectivity index (χ1) is 17.5. The number of amides is 1. The first-order valence-corrected chi connectivity index (χ1v) is 13.1. The van der Waals surface area contributed by atoms with E-state index in [1.807, 2.05) is 25.1 Å². The van der Waals surface area contributed by atoms with Gasteiger partial charge in [0.05, 0.1) is 10.5 Å². The number of carbonyl (C=O) groups is 1. The molecule has 0 aliphatic carbocycles. The summed E-state index contributed by atoms with van der Waals surface area (Å²) in [5.74, 6) is 0.403. The van der Waals surface area contributed by atoms with Crippen molar-refractivity contribution in [2.45, 2.75) is 13.5 Å². The van der Waals surface area contributed by atoms with Crippen LogP contribution in [0.25, 0.3) is 11.7 Å². The Balaban J connectivity index is 1.50. The number of aryl methyl sites for hydroxylation is 1. The van der Waals surface area contributed by atoms with Crippen LogP contribution < -0.4 is 10.5 Å². The van der Waals surface area contributed by atoms with Crippen LogP contribution in [0.4, 0.5) is 5.82 Å². The summed E-state index contributed by atoms with van der Waals surface area (Å²) < 4.78 is 2.02. The molecule has 3 aromatic rings. The summed E-state index contributed by atoms with van der Waals surface area (Å²) in [6.45, 7) is 10.1. The number of thioether (sulfide) groups is 1. The number of hydrogen-bond donors (Lipinski definition) is 0. The fourth-order valence-corrected chi connectivity index (χ4v) is 5.80. The van der Waals surface area contributed by atoms with Crippen molar-refractivity contribution in [3.8, 4) is 0 Å². The van der Waals surface area contributed by atoms with Gasteiger partial charge in [-0.25, -0.2) is 4.98 Å². The van der Waals surface area contributed by atoms with E-state index >= 15 is 0 Å². The lowest BCUT2D eigenvalue weighted by Gasteiger charge is -2.36. The molecule has 5 rings (SSSR count). The van der Waals surface area contributed by atoms with E-state index in [2.05, 4.69) is 40.6 Å². The normalized spacial score (nSPS) is 18.0. The Kier molecular flexibility index (Phi) is 7.04. The van der Waals surface area contributed by atoms with Gasteiger partial charge in [0.25, 0.3) is 11.5 Å². The van der Waals surface area contributed by atoms with E-state index < -0.39 is 0 Å². The van der Waals surface area contributed by atoms with Gasteiger partial charge < -0.3 is 4.90 Å². The van der Waals surface area contributed by atoms with Crippen LogP contribution in [0, 0.1) is 6.92 Å². The minimum Gasteiger partial charge on any atom is -0.353 e. The Labute approximate surface area is 219 Å². The Morgan fingerprint density at radius 3 is 2.56 bits per heavy atom. The average Bonchev–Trinajstić information content (AvgIpc) is 3.15. The maximum absolute atomic E-state index is 13.7. The molecule has 0 radical (unpaired) electrons. The quantitative estimate of drug-likeness (QED) is 0.281. The molecule has 4 heterocycles. The van der Waals surface area contributed by atoms with Crippen molar-refractivity contribution in [1.82, 2.24) is 19.2 Å². The SMILES string of the molecule is C=CCN1C(=O)/C(=C/c2c(N3CCN(Cc4ccccc4)CC3)nc3c(C)cccn3c2=O)SC1=S. The number of rotatable bonds is 6. The van der Waals surface area contributed by atoms with Crippen molar-refractivity contribution in [3.63, 3.8) is 0 Å². The highest BCUT2D eigenvalue weighted by Gasteiger charge is 2.32. The fourth-order valence-electron chi connectivity index (χ4n) is 4.54. The zero-order valence-electron chi connectivity index (χ0n) is 20.1. The summed E-state index contributed by atoms with van der Waals surface area (Å²) in [5.41, 5.74) is 3.04. The Hall–Kier alpha value is -3.27. The molecule has 2 aliphatic heterocycles. The molecule has 184 valence electrons. The number of benzene rings is 1. The Bertz CT molecular complexity index is 1430. The van der Waals surface area contributed by atoms with Gasteiger partial charge in [-0.3, -0.25) is 23.8 Å². The third-order valence-corrected chi connectivity index (χ3v) is 7.82. The molecular weight excluding hydrogens is 490 g/mol. The summed E-state index contributed by atoms with van der Waals surface area (Å²) in [5, 5.41) is 0. The number of hydrogen-bond acceptors (Lipinski definition) is 7. The van der Waals surface area contributed by atoms with Gasteiger partial charge in [0.1, 0.15) is 15.8 Å². The second kappa shape index (κ2) is 10.4. The van der Waals surface area contributed by atoms with Crippen molar-refractivity contribution in [2.24, 2.45) is 0 Å². The van der Waals surface area contributed by atoms with Crippen LogP contribution in [0.5, 0.6) is 0 Å². The molecule has 2 aromatic heterocycles. The van der Waals surface area contributed by atoms with E-state index in [9.17, 15) is 9.59 Å². The zero-order chi connectivity index (χ0) is 25.2. The van der Waals surface area contributed by atoms with Crippen molar-refractivity contribution in [3.05, 3.63) is 93.3 Å². The highest BCUT2D eigenvalue weighted by Crippen LogP contribution is 2.33. The van der Waals surface area contributed by atoms with Crippen LogP contribution in [-0.2, 0) is 11.3 Å². The topological polar surface area (TPSA) is 61.2 Å². The minimum atomic E-state index is -0.211. The van der Waals surface area contributed by atoms with Gasteiger partial charge in [-0.15, -0.1) is 6.58 Å². The number of fused-ring (bicyclic) bond motifs is 1. The van der Waals surface area contributed by atoms with E-state index in [-0.39, 0.29) is 11.5 Å². The summed E-state index contributed by atoms with van der Waals surface area (Å²) >= 11 is 6.60. The molecule has 9 heteroatoms. The molecule has 7 nitrogen and oxygen atoms in total. The molecule has 1 aromatic carbocycles. The van der Waals surface area contributed by atoms with Crippen molar-refractivity contribution < 1.29 is 4.79 Å². The minimum absolute atomic E-state index is 0.195. The van der Waals surface area contributed by atoms with Gasteiger partial charge >= 0.3 is 0 Å². The molecule has 1 amide bonds. The molecule has 36 heavy (non-hydrogen) atoms. The average molecular weight is 518 g/mol. The molecule has 0 bridgehead atoms. The third-order valence-electron chi connectivity index (χ3n) is 6.45. The molecule has 2 fully saturated rings. The van der Waals surface area contributed by atoms with E-state index in [0.29, 0.717) is 32.8 Å². The highest BCUT2D eigenvalue weighted by atomic mass is 32.2. The summed E-state index contributed by atoms with van der Waals surface area (Å²) in [6, 6.07) is 14.2. The molecule has 0 N–H and O–H groups in total. The van der Waals surface area contributed by atoms with Gasteiger partial charge in [0.2, 0.25) is 0 Å². The number of pyridine rings is 1. The standard InChI is InChI=1S/C27H27N5O2S2/c1-3-11-32-26(34)22(36-27(32)35)17-21-24(28-23-19(2)8-7-12-31(23)25(21)33)30-15-13-29(14-16-30)18-20-9-5-4-6-10-20/h3-10,12,17H,1,11,13-16,18H2,2H3/b22-17-. The number of carbonyl (C=O) groups excluding carboxylic acids is 1. The first-order valence-electron chi connectivity index (χ1n) is 11.9. The predicted molar refractivity (Wildman–Crippen MR) is 150 cm³/mol. The van der Waals surface area contributed by atoms with Crippen molar-refractivity contribution in [2.75, 3.05) is 37.6 Å². The number of nitrogens with zero attached hydrogens (tertiary/aromatic N) is 5. The van der Waals surface area contributed by atoms with Gasteiger partial charge in [-0.1, -0.05) is 66.5 Å². The summed E-state index contributed by atoms with van der Waals surface area (Å²) in [4.78, 5) is 38.1. The van der Waals surface area contributed by atoms with E-state index in [0.717, 1.165) is 38.3 Å². The lowest BCUT2D eigenvalue weighted by atomic mass is 10.1. The molecule has 0 atom stereocenters. The largest absolute Gasteiger partial charge is 0.353 e. The second-order valence-electron chi connectivity index (χ2n) is 8.87. The van der Waals surface area contributed by atoms with E-state index in [1.54, 1.807) is 22.7 Å². The van der Waals surface area contributed by atoms with Crippen LogP contribution >= 0.6 is 24.0 Å². The predicted octanol–water partition coefficient (Wildman–Crippen LogP) is 3.71. The lowest BCUT2D eigenvalue weighted by molar-refractivity contribution is -0.121. The van der Waals surface area contributed by atoms with Gasteiger partial charge in [-0.2, -0.15) is 0 Å².